The van der Waals surface area contributed by atoms with Crippen LogP contribution in [0.1, 0.15) is 57.2 Å². The number of aromatic nitrogens is 1. The van der Waals surface area contributed by atoms with Crippen molar-refractivity contribution in [2.75, 3.05) is 19.7 Å². The van der Waals surface area contributed by atoms with E-state index in [0.717, 1.165) is 36.6 Å². The van der Waals surface area contributed by atoms with Crippen LogP contribution in [0.2, 0.25) is 0 Å². The van der Waals surface area contributed by atoms with E-state index in [2.05, 4.69) is 9.88 Å². The molecule has 0 radical (unpaired) electrons. The van der Waals surface area contributed by atoms with Crippen LogP contribution in [0.3, 0.4) is 0 Å². The summed E-state index contributed by atoms with van der Waals surface area (Å²) in [5, 5.41) is 14.5. The molecular weight excluding hydrogens is 437 g/mol. The summed E-state index contributed by atoms with van der Waals surface area (Å²) in [6.45, 7) is 4.71. The van der Waals surface area contributed by atoms with Crippen LogP contribution in [0.25, 0.3) is 10.9 Å². The normalized spacial score (nSPS) is 26.5. The van der Waals surface area contributed by atoms with E-state index in [1.165, 1.54) is 24.2 Å². The molecule has 0 bridgehead atoms. The number of hydrogen-bond acceptors (Lipinski definition) is 4. The highest BCUT2D eigenvalue weighted by molar-refractivity contribution is 5.88. The van der Waals surface area contributed by atoms with Gasteiger partial charge in [-0.15, -0.1) is 0 Å². The summed E-state index contributed by atoms with van der Waals surface area (Å²) in [7, 11) is 0. The van der Waals surface area contributed by atoms with E-state index >= 15 is 0 Å². The van der Waals surface area contributed by atoms with Crippen LogP contribution in [-0.2, 0) is 33.7 Å². The monoisotopic (exact) mass is 471 g/mol. The van der Waals surface area contributed by atoms with Crippen molar-refractivity contribution in [3.8, 4) is 0 Å². The highest BCUT2D eigenvalue weighted by atomic mass is 19.1. The first-order chi connectivity index (χ1) is 16.2. The van der Waals surface area contributed by atoms with Crippen LogP contribution in [0.4, 0.5) is 4.39 Å². The van der Waals surface area contributed by atoms with Gasteiger partial charge in [-0.3, -0.25) is 9.59 Å². The van der Waals surface area contributed by atoms with Gasteiger partial charge in [0.05, 0.1) is 18.2 Å². The van der Waals surface area contributed by atoms with Crippen molar-refractivity contribution in [3.63, 3.8) is 0 Å². The molecule has 2 atom stereocenters. The first-order valence-electron chi connectivity index (χ1n) is 12.4. The van der Waals surface area contributed by atoms with E-state index in [0.29, 0.717) is 32.4 Å². The quantitative estimate of drug-likeness (QED) is 0.721. The maximum absolute atomic E-state index is 14.0. The summed E-state index contributed by atoms with van der Waals surface area (Å²) in [6.07, 6.45) is 5.89. The molecule has 3 heterocycles. The molecule has 1 aromatic carbocycles. The lowest BCUT2D eigenvalue weighted by Gasteiger charge is -2.50. The number of ether oxygens (including phenoxy) is 1. The predicted molar refractivity (Wildman–Crippen MR) is 126 cm³/mol. The van der Waals surface area contributed by atoms with Crippen molar-refractivity contribution >= 4 is 22.7 Å². The highest BCUT2D eigenvalue weighted by Gasteiger charge is 2.49. The molecule has 2 saturated heterocycles. The number of likely N-dealkylation sites (tertiary alicyclic amines) is 1. The maximum Gasteiger partial charge on any atom is 0.242 e. The average Bonchev–Trinajstić information content (AvgIpc) is 3.10. The van der Waals surface area contributed by atoms with Gasteiger partial charge in [0, 0.05) is 36.6 Å². The minimum Gasteiger partial charge on any atom is -0.386 e. The largest absolute Gasteiger partial charge is 0.386 e. The topological polar surface area (TPSA) is 83.8 Å². The molecule has 0 unspecified atom stereocenters. The zero-order valence-electron chi connectivity index (χ0n) is 20.0. The molecule has 2 N–H and O–H groups in total. The van der Waals surface area contributed by atoms with Crippen molar-refractivity contribution in [2.24, 2.45) is 0 Å². The molecule has 2 aromatic rings. The fraction of sp³-hybridized carbons (Fsp3) is 0.615. The Labute approximate surface area is 199 Å². The lowest BCUT2D eigenvalue weighted by atomic mass is 9.77. The number of amides is 2. The summed E-state index contributed by atoms with van der Waals surface area (Å²) >= 11 is 0. The van der Waals surface area contributed by atoms with E-state index in [-0.39, 0.29) is 36.8 Å². The third-order valence-electron chi connectivity index (χ3n) is 8.03. The number of nitrogens with one attached hydrogen (secondary N) is 1. The molecule has 5 rings (SSSR count). The number of piperidine rings is 1. The number of aryl methyl sites for hydroxylation is 1. The van der Waals surface area contributed by atoms with Gasteiger partial charge in [-0.2, -0.15) is 0 Å². The van der Waals surface area contributed by atoms with Gasteiger partial charge >= 0.3 is 0 Å². The van der Waals surface area contributed by atoms with Gasteiger partial charge in [0.15, 0.2) is 0 Å². The van der Waals surface area contributed by atoms with E-state index in [9.17, 15) is 19.1 Å². The number of benzene rings is 1. The Morgan fingerprint density at radius 2 is 1.97 bits per heavy atom. The zero-order valence-corrected chi connectivity index (χ0v) is 20.0. The summed E-state index contributed by atoms with van der Waals surface area (Å²) in [5.41, 5.74) is 1.74. The third-order valence-corrected chi connectivity index (χ3v) is 8.03. The molecule has 7 nitrogen and oxygen atoms in total. The van der Waals surface area contributed by atoms with E-state index in [1.807, 2.05) is 4.90 Å². The van der Waals surface area contributed by atoms with Crippen LogP contribution in [0, 0.1) is 5.82 Å². The Bertz CT molecular complexity index is 1120. The molecule has 2 fully saturated rings. The lowest BCUT2D eigenvalue weighted by molar-refractivity contribution is -0.194. The van der Waals surface area contributed by atoms with Gasteiger partial charge in [-0.1, -0.05) is 0 Å². The first-order valence-corrected chi connectivity index (χ1v) is 12.4. The van der Waals surface area contributed by atoms with Crippen LogP contribution in [0.5, 0.6) is 0 Å². The number of rotatable bonds is 3. The van der Waals surface area contributed by atoms with Crippen molar-refractivity contribution in [1.29, 1.82) is 0 Å². The molecule has 1 aromatic heterocycles. The molecule has 34 heavy (non-hydrogen) atoms. The smallest absolute Gasteiger partial charge is 0.242 e. The zero-order chi connectivity index (χ0) is 24.1. The predicted octanol–water partition coefficient (Wildman–Crippen LogP) is 2.70. The fourth-order valence-electron chi connectivity index (χ4n) is 6.04. The number of halogens is 1. The number of fused-ring (bicyclic) bond motifs is 3. The van der Waals surface area contributed by atoms with Gasteiger partial charge in [-0.25, -0.2) is 4.39 Å². The number of hydrogen-bond donors (Lipinski definition) is 2. The molecule has 0 saturated carbocycles. The highest BCUT2D eigenvalue weighted by Crippen LogP contribution is 2.39. The standard InChI is InChI=1S/C26H34FN3O4/c1-17(31)28-23-14-26(34-16-25(23,2)33)9-11-29(12-10-26)24(32)15-30-21-6-4-3-5-19(21)20-13-18(27)7-8-22(20)30/h7-8,13,23,33H,3-6,9-12,14-16H2,1-2H3,(H,28,31)/t23-,25-/m0/s1. The summed E-state index contributed by atoms with van der Waals surface area (Å²) < 4.78 is 22.2. The van der Waals surface area contributed by atoms with Gasteiger partial charge in [0.2, 0.25) is 11.8 Å². The molecule has 8 heteroatoms. The van der Waals surface area contributed by atoms with Crippen molar-refractivity contribution in [3.05, 3.63) is 35.3 Å². The minimum atomic E-state index is -1.11. The second-order valence-corrected chi connectivity index (χ2v) is 10.5. The molecule has 3 aliphatic rings. The van der Waals surface area contributed by atoms with Crippen LogP contribution < -0.4 is 5.32 Å². The van der Waals surface area contributed by atoms with E-state index in [1.54, 1.807) is 19.1 Å². The maximum atomic E-state index is 14.0. The van der Waals surface area contributed by atoms with Gasteiger partial charge in [0.1, 0.15) is 18.0 Å². The molecule has 1 spiro atoms. The van der Waals surface area contributed by atoms with Crippen molar-refractivity contribution in [1.82, 2.24) is 14.8 Å². The summed E-state index contributed by atoms with van der Waals surface area (Å²) in [4.78, 5) is 26.9. The Balaban J connectivity index is 1.29. The minimum absolute atomic E-state index is 0.0608. The SMILES string of the molecule is CC(=O)N[C@H]1CC2(CCN(C(=O)Cn3c4c(c5cc(F)ccc53)CCCC4)CC2)OC[C@]1(C)O. The van der Waals surface area contributed by atoms with Gasteiger partial charge in [-0.05, 0) is 75.6 Å². The van der Waals surface area contributed by atoms with Crippen molar-refractivity contribution in [2.45, 2.75) is 82.6 Å². The second-order valence-electron chi connectivity index (χ2n) is 10.5. The van der Waals surface area contributed by atoms with E-state index < -0.39 is 11.2 Å². The fourth-order valence-corrected chi connectivity index (χ4v) is 6.04. The number of aliphatic hydroxyl groups is 1. The Morgan fingerprint density at radius 3 is 2.71 bits per heavy atom. The third kappa shape index (κ3) is 4.22. The Hall–Kier alpha value is -2.45. The average molecular weight is 472 g/mol. The van der Waals surface area contributed by atoms with Crippen LogP contribution >= 0.6 is 0 Å². The number of carbonyl (C=O) groups is 2. The van der Waals surface area contributed by atoms with Crippen LogP contribution in [0.15, 0.2) is 18.2 Å². The number of nitrogens with zero attached hydrogens (tertiary/aromatic N) is 2. The van der Waals surface area contributed by atoms with Crippen molar-refractivity contribution < 1.29 is 23.8 Å². The molecular formula is C26H34FN3O4. The summed E-state index contributed by atoms with van der Waals surface area (Å²) in [6, 6.07) is 4.50. The van der Waals surface area contributed by atoms with E-state index in [4.69, 9.17) is 4.74 Å². The first kappa shape index (κ1) is 23.3. The molecule has 1 aliphatic carbocycles. The lowest BCUT2D eigenvalue weighted by Crippen LogP contribution is -2.64. The Kier molecular flexibility index (Phi) is 5.92. The molecule has 2 amide bonds. The number of carbonyl (C=O) groups excluding carboxylic acids is 2. The Morgan fingerprint density at radius 1 is 1.24 bits per heavy atom. The molecule has 2 aliphatic heterocycles. The second kappa shape index (κ2) is 8.64. The summed E-state index contributed by atoms with van der Waals surface area (Å²) in [5.74, 6) is -0.350. The molecule has 184 valence electrons. The van der Waals surface area contributed by atoms with Gasteiger partial charge < -0.3 is 24.6 Å². The van der Waals surface area contributed by atoms with Crippen LogP contribution in [-0.4, -0.2) is 63.3 Å². The van der Waals surface area contributed by atoms with Gasteiger partial charge in [0.25, 0.3) is 0 Å².